The summed E-state index contributed by atoms with van der Waals surface area (Å²) in [5, 5.41) is 0. The van der Waals surface area contributed by atoms with E-state index in [0.29, 0.717) is 46.5 Å². The standard InChI is InChI=1S/C36H56N2O2/c1-22(2)25-14-19-35(37)20-21-36(38)27(30(25)35)12-13-29-33(5)17-15-26(23-8-10-24(11-9-23)31(39)40-7)32(3,4)28(33)16-18-34(29,36)6/h8-11,22,25-30H,12-21,37-38H2,1-7H3/t25-,26-,27+,28-,29+,30+,33-,34+,35-,36-/m0/s1. The van der Waals surface area contributed by atoms with Crippen molar-refractivity contribution < 1.29 is 9.53 Å². The molecular formula is C36H56N2O2. The number of ether oxygens (including phenoxy) is 1. The van der Waals surface area contributed by atoms with Gasteiger partial charge in [-0.25, -0.2) is 4.79 Å². The second-order valence-corrected chi connectivity index (χ2v) is 16.5. The maximum atomic E-state index is 12.0. The van der Waals surface area contributed by atoms with Gasteiger partial charge in [-0.15, -0.1) is 0 Å². The van der Waals surface area contributed by atoms with Crippen LogP contribution in [0, 0.1) is 51.8 Å². The SMILES string of the molecule is COC(=O)c1ccc([C@@H]2CC[C@]3(C)[C@H]4CC[C@@H]5[C@H]6[C@H](C(C)C)CC[C@]6(N)CC[C@@]5(N)[C@]4(C)CC[C@H]3C2(C)C)cc1. The molecule has 5 aliphatic carbocycles. The van der Waals surface area contributed by atoms with E-state index >= 15 is 0 Å². The first kappa shape index (κ1) is 28.7. The molecular weight excluding hydrogens is 492 g/mol. The van der Waals surface area contributed by atoms with Crippen LogP contribution in [0.5, 0.6) is 0 Å². The molecule has 0 radical (unpaired) electrons. The van der Waals surface area contributed by atoms with E-state index in [1.807, 2.05) is 12.1 Å². The van der Waals surface area contributed by atoms with Crippen molar-refractivity contribution in [1.82, 2.24) is 0 Å². The number of rotatable bonds is 3. The maximum absolute atomic E-state index is 12.0. The summed E-state index contributed by atoms with van der Waals surface area (Å²) >= 11 is 0. The van der Waals surface area contributed by atoms with Gasteiger partial charge < -0.3 is 16.2 Å². The molecule has 6 rings (SSSR count). The van der Waals surface area contributed by atoms with Crippen LogP contribution in [0.15, 0.2) is 24.3 Å². The number of carbonyl (C=O) groups excluding carboxylic acids is 1. The van der Waals surface area contributed by atoms with E-state index in [1.165, 1.54) is 64.0 Å². The summed E-state index contributed by atoms with van der Waals surface area (Å²) in [6.45, 7) is 15.2. The molecule has 222 valence electrons. The molecule has 5 aliphatic rings. The van der Waals surface area contributed by atoms with Crippen LogP contribution < -0.4 is 11.5 Å². The molecule has 40 heavy (non-hydrogen) atoms. The zero-order valence-corrected chi connectivity index (χ0v) is 26.4. The molecule has 1 aromatic rings. The van der Waals surface area contributed by atoms with Crippen molar-refractivity contribution in [1.29, 1.82) is 0 Å². The molecule has 0 bridgehead atoms. The number of benzene rings is 1. The van der Waals surface area contributed by atoms with E-state index in [4.69, 9.17) is 16.2 Å². The highest BCUT2D eigenvalue weighted by Crippen LogP contribution is 2.74. The van der Waals surface area contributed by atoms with Gasteiger partial charge in [-0.3, -0.25) is 0 Å². The fraction of sp³-hybridized carbons (Fsp3) is 0.806. The second kappa shape index (κ2) is 9.30. The van der Waals surface area contributed by atoms with Gasteiger partial charge in [0.25, 0.3) is 0 Å². The first-order chi connectivity index (χ1) is 18.7. The summed E-state index contributed by atoms with van der Waals surface area (Å²) in [7, 11) is 1.45. The molecule has 0 unspecified atom stereocenters. The molecule has 5 fully saturated rings. The Labute approximate surface area is 243 Å². The van der Waals surface area contributed by atoms with Gasteiger partial charge in [-0.1, -0.05) is 53.7 Å². The Hall–Kier alpha value is -1.39. The first-order valence-corrected chi connectivity index (χ1v) is 16.5. The fourth-order valence-electron chi connectivity index (χ4n) is 12.7. The molecule has 4 heteroatoms. The van der Waals surface area contributed by atoms with Gasteiger partial charge in [-0.05, 0) is 140 Å². The summed E-state index contributed by atoms with van der Waals surface area (Å²) in [6, 6.07) is 8.28. The molecule has 0 aromatic heterocycles. The highest BCUT2D eigenvalue weighted by atomic mass is 16.5. The predicted molar refractivity (Wildman–Crippen MR) is 163 cm³/mol. The van der Waals surface area contributed by atoms with Crippen LogP contribution in [0.25, 0.3) is 0 Å². The van der Waals surface area contributed by atoms with E-state index in [-0.39, 0.29) is 27.9 Å². The van der Waals surface area contributed by atoms with Gasteiger partial charge in [0.2, 0.25) is 0 Å². The van der Waals surface area contributed by atoms with Crippen molar-refractivity contribution in [3.05, 3.63) is 35.4 Å². The molecule has 0 saturated heterocycles. The smallest absolute Gasteiger partial charge is 0.337 e. The van der Waals surface area contributed by atoms with Crippen LogP contribution in [-0.4, -0.2) is 24.2 Å². The van der Waals surface area contributed by atoms with Crippen LogP contribution in [0.2, 0.25) is 0 Å². The summed E-state index contributed by atoms with van der Waals surface area (Å²) in [6.07, 6.45) is 12.3. The number of hydrogen-bond donors (Lipinski definition) is 2. The third-order valence-corrected chi connectivity index (χ3v) is 14.7. The zero-order valence-electron chi connectivity index (χ0n) is 26.4. The van der Waals surface area contributed by atoms with E-state index in [2.05, 4.69) is 53.7 Å². The minimum atomic E-state index is -0.258. The van der Waals surface area contributed by atoms with Crippen LogP contribution in [0.4, 0.5) is 0 Å². The van der Waals surface area contributed by atoms with E-state index < -0.39 is 0 Å². The first-order valence-electron chi connectivity index (χ1n) is 16.5. The van der Waals surface area contributed by atoms with Gasteiger partial charge in [0.15, 0.2) is 0 Å². The number of carbonyl (C=O) groups is 1. The van der Waals surface area contributed by atoms with Crippen molar-refractivity contribution in [2.45, 2.75) is 123 Å². The van der Waals surface area contributed by atoms with E-state index in [1.54, 1.807) is 0 Å². The second-order valence-electron chi connectivity index (χ2n) is 16.5. The van der Waals surface area contributed by atoms with Crippen LogP contribution in [0.1, 0.15) is 128 Å². The topological polar surface area (TPSA) is 78.3 Å². The number of hydrogen-bond acceptors (Lipinski definition) is 4. The summed E-state index contributed by atoms with van der Waals surface area (Å²) in [5.41, 5.74) is 17.7. The van der Waals surface area contributed by atoms with Crippen molar-refractivity contribution in [2.24, 2.45) is 63.2 Å². The minimum Gasteiger partial charge on any atom is -0.465 e. The summed E-state index contributed by atoms with van der Waals surface area (Å²) in [4.78, 5) is 12.0. The Morgan fingerprint density at radius 3 is 2.20 bits per heavy atom. The molecule has 0 spiro atoms. The molecule has 5 saturated carbocycles. The largest absolute Gasteiger partial charge is 0.465 e. The lowest BCUT2D eigenvalue weighted by Gasteiger charge is -2.72. The van der Waals surface area contributed by atoms with E-state index in [9.17, 15) is 4.79 Å². The quantitative estimate of drug-likeness (QED) is 0.379. The zero-order chi connectivity index (χ0) is 28.9. The number of nitrogens with two attached hydrogens (primary N) is 2. The Morgan fingerprint density at radius 1 is 0.850 bits per heavy atom. The Kier molecular flexibility index (Phi) is 6.68. The lowest BCUT2D eigenvalue weighted by Crippen LogP contribution is -2.75. The number of fused-ring (bicyclic) bond motifs is 7. The Balaban J connectivity index is 1.30. The molecule has 4 N–H and O–H groups in total. The molecule has 0 amide bonds. The average molecular weight is 549 g/mol. The highest BCUT2D eigenvalue weighted by molar-refractivity contribution is 5.89. The fourth-order valence-corrected chi connectivity index (χ4v) is 12.7. The summed E-state index contributed by atoms with van der Waals surface area (Å²) < 4.78 is 4.94. The molecule has 10 atom stereocenters. The van der Waals surface area contributed by atoms with Crippen LogP contribution >= 0.6 is 0 Å². The molecule has 1 aromatic carbocycles. The predicted octanol–water partition coefficient (Wildman–Crippen LogP) is 7.70. The Morgan fingerprint density at radius 2 is 1.55 bits per heavy atom. The summed E-state index contributed by atoms with van der Waals surface area (Å²) in [5.74, 6) is 4.17. The minimum absolute atomic E-state index is 0.0102. The Bertz CT molecular complexity index is 1140. The van der Waals surface area contributed by atoms with Crippen LogP contribution in [-0.2, 0) is 4.74 Å². The van der Waals surface area contributed by atoms with Crippen molar-refractivity contribution in [3.8, 4) is 0 Å². The van der Waals surface area contributed by atoms with Gasteiger partial charge in [0.1, 0.15) is 0 Å². The van der Waals surface area contributed by atoms with Crippen molar-refractivity contribution in [2.75, 3.05) is 7.11 Å². The lowest BCUT2D eigenvalue weighted by molar-refractivity contribution is -0.205. The highest BCUT2D eigenvalue weighted by Gasteiger charge is 2.71. The number of esters is 1. The molecule has 0 aliphatic heterocycles. The molecule has 4 nitrogen and oxygen atoms in total. The van der Waals surface area contributed by atoms with Gasteiger partial charge in [-0.2, -0.15) is 0 Å². The number of methoxy groups -OCH3 is 1. The monoisotopic (exact) mass is 548 g/mol. The van der Waals surface area contributed by atoms with Gasteiger partial charge in [0.05, 0.1) is 12.7 Å². The third kappa shape index (κ3) is 3.73. The lowest BCUT2D eigenvalue weighted by atomic mass is 9.34. The normalized spacial score (nSPS) is 47.5. The molecule has 0 heterocycles. The van der Waals surface area contributed by atoms with Gasteiger partial charge >= 0.3 is 5.97 Å². The van der Waals surface area contributed by atoms with Gasteiger partial charge in [0, 0.05) is 11.1 Å². The van der Waals surface area contributed by atoms with Crippen LogP contribution in [0.3, 0.4) is 0 Å². The van der Waals surface area contributed by atoms with Crippen molar-refractivity contribution >= 4 is 5.97 Å². The average Bonchev–Trinajstić information content (AvgIpc) is 3.26. The maximum Gasteiger partial charge on any atom is 0.337 e. The van der Waals surface area contributed by atoms with E-state index in [0.717, 1.165) is 18.8 Å². The third-order valence-electron chi connectivity index (χ3n) is 14.7. The van der Waals surface area contributed by atoms with Crippen molar-refractivity contribution in [3.63, 3.8) is 0 Å².